The summed E-state index contributed by atoms with van der Waals surface area (Å²) in [5, 5.41) is 4.72. The number of aromatic nitrogens is 4. The molecule has 1 atom stereocenters. The number of carbonyl (C=O) groups excluding carboxylic acids is 1. The van der Waals surface area contributed by atoms with Crippen LogP contribution in [-0.4, -0.2) is 42.4 Å². The third kappa shape index (κ3) is 6.17. The van der Waals surface area contributed by atoms with Gasteiger partial charge in [-0.05, 0) is 24.3 Å². The third-order valence-electron chi connectivity index (χ3n) is 4.44. The Morgan fingerprint density at radius 2 is 1.94 bits per heavy atom. The standard InChI is InChI=1S/C20H19ClF2N6O3S/c1-33(32)14-5-4-8-24-13(14)9-26-17(30)11-29-16(21)10-27-18(19(29)31)28-12-20(22,23)15-6-2-3-7-25-15/h2-8,10H,9,11-12H2,1H3,(H,26,30)(H,27,28). The molecular weight excluding hydrogens is 478 g/mol. The maximum Gasteiger partial charge on any atom is 0.306 e. The van der Waals surface area contributed by atoms with Crippen molar-refractivity contribution in [3.05, 3.63) is 75.8 Å². The van der Waals surface area contributed by atoms with Crippen molar-refractivity contribution < 1.29 is 17.8 Å². The molecule has 3 aromatic heterocycles. The average Bonchev–Trinajstić information content (AvgIpc) is 2.80. The summed E-state index contributed by atoms with van der Waals surface area (Å²) in [6.45, 7) is -1.44. The molecule has 3 aromatic rings. The number of nitrogens with zero attached hydrogens (tertiary/aromatic N) is 4. The monoisotopic (exact) mass is 496 g/mol. The lowest BCUT2D eigenvalue weighted by molar-refractivity contribution is -0.121. The molecule has 3 heterocycles. The van der Waals surface area contributed by atoms with Crippen LogP contribution >= 0.6 is 11.6 Å². The number of amides is 1. The lowest BCUT2D eigenvalue weighted by Gasteiger charge is -2.17. The van der Waals surface area contributed by atoms with Crippen LogP contribution in [0.5, 0.6) is 0 Å². The smallest absolute Gasteiger partial charge is 0.306 e. The van der Waals surface area contributed by atoms with Crippen LogP contribution in [0.4, 0.5) is 14.6 Å². The molecule has 13 heteroatoms. The van der Waals surface area contributed by atoms with E-state index in [1.165, 1.54) is 36.8 Å². The molecule has 0 saturated carbocycles. The van der Waals surface area contributed by atoms with Gasteiger partial charge in [0.05, 0.1) is 40.7 Å². The molecule has 0 aliphatic heterocycles. The first-order valence-electron chi connectivity index (χ1n) is 9.51. The average molecular weight is 497 g/mol. The van der Waals surface area contributed by atoms with Gasteiger partial charge in [0.25, 0.3) is 5.56 Å². The lowest BCUT2D eigenvalue weighted by atomic mass is 10.2. The van der Waals surface area contributed by atoms with Gasteiger partial charge in [0.2, 0.25) is 5.91 Å². The summed E-state index contributed by atoms with van der Waals surface area (Å²) in [4.78, 5) is 37.0. The van der Waals surface area contributed by atoms with Gasteiger partial charge in [0.1, 0.15) is 17.4 Å². The van der Waals surface area contributed by atoms with Crippen molar-refractivity contribution in [2.24, 2.45) is 0 Å². The SMILES string of the molecule is CS(=O)c1cccnc1CNC(=O)Cn1c(Cl)cnc(NCC(F)(F)c2ccccn2)c1=O. The van der Waals surface area contributed by atoms with Crippen LogP contribution in [0.15, 0.2) is 58.6 Å². The fraction of sp³-hybridized carbons (Fsp3) is 0.250. The minimum Gasteiger partial charge on any atom is -0.359 e. The topological polar surface area (TPSA) is 119 Å². The summed E-state index contributed by atoms with van der Waals surface area (Å²) in [6, 6.07) is 7.36. The first-order valence-corrected chi connectivity index (χ1v) is 11.4. The van der Waals surface area contributed by atoms with E-state index in [0.29, 0.717) is 10.6 Å². The van der Waals surface area contributed by atoms with Gasteiger partial charge >= 0.3 is 5.92 Å². The zero-order chi connectivity index (χ0) is 24.0. The molecule has 1 unspecified atom stereocenters. The zero-order valence-electron chi connectivity index (χ0n) is 17.3. The van der Waals surface area contributed by atoms with E-state index in [2.05, 4.69) is 25.6 Å². The van der Waals surface area contributed by atoms with Gasteiger partial charge < -0.3 is 10.6 Å². The van der Waals surface area contributed by atoms with Gasteiger partial charge in [-0.3, -0.25) is 28.3 Å². The van der Waals surface area contributed by atoms with Crippen LogP contribution in [0.2, 0.25) is 5.15 Å². The van der Waals surface area contributed by atoms with E-state index in [1.807, 2.05) is 0 Å². The highest BCUT2D eigenvalue weighted by molar-refractivity contribution is 7.84. The molecule has 0 spiro atoms. The van der Waals surface area contributed by atoms with Crippen LogP contribution < -0.4 is 16.2 Å². The number of carbonyl (C=O) groups is 1. The fourth-order valence-corrected chi connectivity index (χ4v) is 3.71. The van der Waals surface area contributed by atoms with Gasteiger partial charge in [0, 0.05) is 18.6 Å². The summed E-state index contributed by atoms with van der Waals surface area (Å²) in [6.07, 6.45) is 5.31. The maximum atomic E-state index is 14.3. The van der Waals surface area contributed by atoms with E-state index in [9.17, 15) is 22.6 Å². The highest BCUT2D eigenvalue weighted by Crippen LogP contribution is 2.25. The second-order valence-corrected chi connectivity index (χ2v) is 8.51. The van der Waals surface area contributed by atoms with Gasteiger partial charge in [-0.2, -0.15) is 8.78 Å². The lowest BCUT2D eigenvalue weighted by Crippen LogP contribution is -2.35. The first-order chi connectivity index (χ1) is 15.7. The quantitative estimate of drug-likeness (QED) is 0.464. The molecule has 2 N–H and O–H groups in total. The van der Waals surface area contributed by atoms with Gasteiger partial charge in [-0.15, -0.1) is 0 Å². The van der Waals surface area contributed by atoms with Crippen molar-refractivity contribution >= 4 is 34.1 Å². The normalized spacial score (nSPS) is 12.2. The molecule has 0 fully saturated rings. The molecular formula is C20H19ClF2N6O3S. The van der Waals surface area contributed by atoms with Gasteiger partial charge in [-0.25, -0.2) is 4.98 Å². The molecule has 0 aromatic carbocycles. The van der Waals surface area contributed by atoms with Crippen LogP contribution in [0.25, 0.3) is 0 Å². The van der Waals surface area contributed by atoms with Crippen LogP contribution in [0.1, 0.15) is 11.4 Å². The van der Waals surface area contributed by atoms with Crippen molar-refractivity contribution in [2.75, 3.05) is 18.1 Å². The molecule has 0 aliphatic carbocycles. The number of halogens is 3. The number of alkyl halides is 2. The van der Waals surface area contributed by atoms with E-state index in [1.54, 1.807) is 12.1 Å². The minimum absolute atomic E-state index is 0.0204. The summed E-state index contributed by atoms with van der Waals surface area (Å²) in [5.41, 5.74) is -0.894. The molecule has 0 bridgehead atoms. The number of hydrogen-bond donors (Lipinski definition) is 2. The molecule has 0 aliphatic rings. The molecule has 0 saturated heterocycles. The van der Waals surface area contributed by atoms with E-state index in [4.69, 9.17) is 11.6 Å². The van der Waals surface area contributed by atoms with Crippen molar-refractivity contribution in [1.82, 2.24) is 24.8 Å². The second-order valence-electron chi connectivity index (χ2n) is 6.77. The number of pyridine rings is 2. The van der Waals surface area contributed by atoms with E-state index >= 15 is 0 Å². The van der Waals surface area contributed by atoms with E-state index in [-0.39, 0.29) is 11.7 Å². The third-order valence-corrected chi connectivity index (χ3v) is 5.73. The minimum atomic E-state index is -3.36. The number of nitrogens with one attached hydrogen (secondary N) is 2. The van der Waals surface area contributed by atoms with Crippen molar-refractivity contribution in [2.45, 2.75) is 23.9 Å². The largest absolute Gasteiger partial charge is 0.359 e. The molecule has 3 rings (SSSR count). The summed E-state index contributed by atoms with van der Waals surface area (Å²) in [7, 11) is -1.30. The maximum absolute atomic E-state index is 14.3. The first kappa shape index (κ1) is 24.4. The highest BCUT2D eigenvalue weighted by atomic mass is 35.5. The highest BCUT2D eigenvalue weighted by Gasteiger charge is 2.33. The molecule has 0 radical (unpaired) electrons. The number of anilines is 1. The van der Waals surface area contributed by atoms with Crippen LogP contribution in [-0.2, 0) is 34.6 Å². The predicted molar refractivity (Wildman–Crippen MR) is 119 cm³/mol. The van der Waals surface area contributed by atoms with E-state index in [0.717, 1.165) is 10.8 Å². The summed E-state index contributed by atoms with van der Waals surface area (Å²) < 4.78 is 41.3. The van der Waals surface area contributed by atoms with Gasteiger partial charge in [0.15, 0.2) is 5.82 Å². The van der Waals surface area contributed by atoms with Crippen molar-refractivity contribution in [1.29, 1.82) is 0 Å². The Morgan fingerprint density at radius 1 is 1.18 bits per heavy atom. The molecule has 1 amide bonds. The summed E-state index contributed by atoms with van der Waals surface area (Å²) >= 11 is 6.00. The number of rotatable bonds is 9. The van der Waals surface area contributed by atoms with Gasteiger partial charge in [-0.1, -0.05) is 17.7 Å². The molecule has 174 valence electrons. The Balaban J connectivity index is 1.69. The Labute approximate surface area is 194 Å². The van der Waals surface area contributed by atoms with Crippen molar-refractivity contribution in [3.63, 3.8) is 0 Å². The fourth-order valence-electron chi connectivity index (χ4n) is 2.80. The van der Waals surface area contributed by atoms with Crippen molar-refractivity contribution in [3.8, 4) is 0 Å². The Morgan fingerprint density at radius 3 is 2.64 bits per heavy atom. The summed E-state index contributed by atoms with van der Waals surface area (Å²) in [5.74, 6) is -4.35. The Hall–Kier alpha value is -3.25. The zero-order valence-corrected chi connectivity index (χ0v) is 18.9. The number of hydrogen-bond acceptors (Lipinski definition) is 7. The predicted octanol–water partition coefficient (Wildman–Crippen LogP) is 1.94. The molecule has 9 nitrogen and oxygen atoms in total. The Kier molecular flexibility index (Phi) is 7.82. The second kappa shape index (κ2) is 10.6. The van der Waals surface area contributed by atoms with Crippen LogP contribution in [0, 0.1) is 0 Å². The van der Waals surface area contributed by atoms with E-state index < -0.39 is 52.8 Å². The molecule has 33 heavy (non-hydrogen) atoms. The Bertz CT molecular complexity index is 1230. The van der Waals surface area contributed by atoms with Crippen LogP contribution in [0.3, 0.4) is 0 Å².